The van der Waals surface area contributed by atoms with Gasteiger partial charge in [0, 0.05) is 19.0 Å². The molecule has 0 spiro atoms. The Morgan fingerprint density at radius 1 is 1.33 bits per heavy atom. The summed E-state index contributed by atoms with van der Waals surface area (Å²) in [5.41, 5.74) is 0. The highest BCUT2D eigenvalue weighted by molar-refractivity contribution is 5.75. The van der Waals surface area contributed by atoms with E-state index in [0.717, 1.165) is 6.54 Å². The van der Waals surface area contributed by atoms with E-state index in [9.17, 15) is 4.79 Å². The summed E-state index contributed by atoms with van der Waals surface area (Å²) in [6, 6.07) is 0.517. The van der Waals surface area contributed by atoms with E-state index in [4.69, 9.17) is 0 Å². The molecule has 1 unspecified atom stereocenters. The van der Waals surface area contributed by atoms with Crippen molar-refractivity contribution in [2.45, 2.75) is 46.1 Å². The number of hydrogen-bond acceptors (Lipinski definition) is 2. The Hall–Kier alpha value is -0.570. The van der Waals surface area contributed by atoms with Crippen LogP contribution in [0.2, 0.25) is 0 Å². The molecule has 0 aliphatic carbocycles. The Morgan fingerprint density at radius 2 is 1.93 bits per heavy atom. The predicted octanol–water partition coefficient (Wildman–Crippen LogP) is 1.63. The van der Waals surface area contributed by atoms with Gasteiger partial charge in [0.2, 0.25) is 5.91 Å². The molecule has 1 amide bonds. The molecule has 0 aromatic rings. The van der Waals surface area contributed by atoms with Crippen LogP contribution in [0.5, 0.6) is 0 Å². The molecule has 0 bridgehead atoms. The smallest absolute Gasteiger partial charge is 0.219 e. The number of amides is 1. The molecular weight excluding hydrogens is 188 g/mol. The maximum atomic E-state index is 11.2. The van der Waals surface area contributed by atoms with Crippen LogP contribution in [-0.4, -0.2) is 36.5 Å². The number of hydrogen-bond donors (Lipinski definition) is 1. The van der Waals surface area contributed by atoms with E-state index in [0.29, 0.717) is 18.4 Å². The summed E-state index contributed by atoms with van der Waals surface area (Å²) in [4.78, 5) is 13.7. The van der Waals surface area contributed by atoms with Gasteiger partial charge in [0.25, 0.3) is 0 Å². The maximum absolute atomic E-state index is 11.2. The fourth-order valence-corrected chi connectivity index (χ4v) is 2.20. The van der Waals surface area contributed by atoms with Gasteiger partial charge >= 0.3 is 0 Å². The summed E-state index contributed by atoms with van der Waals surface area (Å²) in [6.07, 6.45) is 3.21. The maximum Gasteiger partial charge on any atom is 0.219 e. The number of likely N-dealkylation sites (tertiary alicyclic amines) is 1. The standard InChI is InChI=1S/C12H24N2O/c1-4-12(15)13-9-11(10(2)3)14-7-5-6-8-14/h10-11H,4-9H2,1-3H3,(H,13,15). The van der Waals surface area contributed by atoms with Crippen LogP contribution in [0.3, 0.4) is 0 Å². The van der Waals surface area contributed by atoms with Crippen molar-refractivity contribution in [1.82, 2.24) is 10.2 Å². The molecule has 3 nitrogen and oxygen atoms in total. The molecule has 1 fully saturated rings. The van der Waals surface area contributed by atoms with Crippen LogP contribution in [-0.2, 0) is 4.79 Å². The van der Waals surface area contributed by atoms with Gasteiger partial charge in [-0.2, -0.15) is 0 Å². The van der Waals surface area contributed by atoms with E-state index in [-0.39, 0.29) is 5.91 Å². The van der Waals surface area contributed by atoms with Crippen LogP contribution in [0.15, 0.2) is 0 Å². The summed E-state index contributed by atoms with van der Waals surface area (Å²) in [6.45, 7) is 9.58. The van der Waals surface area contributed by atoms with Gasteiger partial charge in [-0.1, -0.05) is 20.8 Å². The SMILES string of the molecule is CCC(=O)NCC(C(C)C)N1CCCC1. The Balaban J connectivity index is 2.39. The molecule has 1 atom stereocenters. The lowest BCUT2D eigenvalue weighted by atomic mass is 10.0. The third-order valence-electron chi connectivity index (χ3n) is 3.21. The van der Waals surface area contributed by atoms with Crippen LogP contribution >= 0.6 is 0 Å². The molecule has 15 heavy (non-hydrogen) atoms. The largest absolute Gasteiger partial charge is 0.355 e. The van der Waals surface area contributed by atoms with Gasteiger partial charge in [0.15, 0.2) is 0 Å². The van der Waals surface area contributed by atoms with Crippen LogP contribution in [0, 0.1) is 5.92 Å². The Bertz CT molecular complexity index is 198. The Kier molecular flexibility index (Phi) is 5.09. The molecule has 1 saturated heterocycles. The summed E-state index contributed by atoms with van der Waals surface area (Å²) in [5.74, 6) is 0.778. The van der Waals surface area contributed by atoms with Crippen molar-refractivity contribution in [2.24, 2.45) is 5.92 Å². The van der Waals surface area contributed by atoms with Crippen LogP contribution in [0.1, 0.15) is 40.0 Å². The minimum Gasteiger partial charge on any atom is -0.355 e. The first-order valence-corrected chi connectivity index (χ1v) is 6.16. The molecule has 0 aromatic carbocycles. The fourth-order valence-electron chi connectivity index (χ4n) is 2.20. The van der Waals surface area contributed by atoms with E-state index >= 15 is 0 Å². The van der Waals surface area contributed by atoms with Crippen molar-refractivity contribution in [3.63, 3.8) is 0 Å². The molecule has 0 saturated carbocycles. The third kappa shape index (κ3) is 3.82. The molecule has 3 heteroatoms. The van der Waals surface area contributed by atoms with Gasteiger partial charge < -0.3 is 5.32 Å². The third-order valence-corrected chi connectivity index (χ3v) is 3.21. The topological polar surface area (TPSA) is 32.3 Å². The van der Waals surface area contributed by atoms with Crippen molar-refractivity contribution in [3.05, 3.63) is 0 Å². The lowest BCUT2D eigenvalue weighted by Crippen LogP contribution is -2.45. The summed E-state index contributed by atoms with van der Waals surface area (Å²) in [7, 11) is 0. The van der Waals surface area contributed by atoms with Gasteiger partial charge in [-0.3, -0.25) is 9.69 Å². The number of nitrogens with zero attached hydrogens (tertiary/aromatic N) is 1. The second kappa shape index (κ2) is 6.11. The molecule has 1 N–H and O–H groups in total. The number of nitrogens with one attached hydrogen (secondary N) is 1. The summed E-state index contributed by atoms with van der Waals surface area (Å²) in [5, 5.41) is 3.01. The first kappa shape index (κ1) is 12.5. The number of carbonyl (C=O) groups excluding carboxylic acids is 1. The number of rotatable bonds is 5. The van der Waals surface area contributed by atoms with Crippen molar-refractivity contribution in [1.29, 1.82) is 0 Å². The van der Waals surface area contributed by atoms with Crippen molar-refractivity contribution < 1.29 is 4.79 Å². The molecule has 0 aromatic heterocycles. The van der Waals surface area contributed by atoms with Gasteiger partial charge in [0.1, 0.15) is 0 Å². The summed E-state index contributed by atoms with van der Waals surface area (Å²) < 4.78 is 0. The second-order valence-electron chi connectivity index (χ2n) is 4.71. The van der Waals surface area contributed by atoms with Crippen LogP contribution in [0.4, 0.5) is 0 Å². The highest BCUT2D eigenvalue weighted by Crippen LogP contribution is 2.16. The van der Waals surface area contributed by atoms with Gasteiger partial charge in [-0.05, 0) is 31.8 Å². The van der Waals surface area contributed by atoms with Crippen LogP contribution in [0.25, 0.3) is 0 Å². The average molecular weight is 212 g/mol. The zero-order chi connectivity index (χ0) is 11.3. The second-order valence-corrected chi connectivity index (χ2v) is 4.71. The van der Waals surface area contributed by atoms with Crippen molar-refractivity contribution in [2.75, 3.05) is 19.6 Å². The quantitative estimate of drug-likeness (QED) is 0.751. The lowest BCUT2D eigenvalue weighted by Gasteiger charge is -2.30. The molecule has 0 radical (unpaired) electrons. The predicted molar refractivity (Wildman–Crippen MR) is 62.7 cm³/mol. The van der Waals surface area contributed by atoms with E-state index in [1.807, 2.05) is 6.92 Å². The zero-order valence-electron chi connectivity index (χ0n) is 10.3. The van der Waals surface area contributed by atoms with Gasteiger partial charge in [-0.25, -0.2) is 0 Å². The monoisotopic (exact) mass is 212 g/mol. The average Bonchev–Trinajstić information content (AvgIpc) is 2.70. The normalized spacial score (nSPS) is 19.5. The number of carbonyl (C=O) groups is 1. The molecule has 1 rings (SSSR count). The van der Waals surface area contributed by atoms with E-state index in [2.05, 4.69) is 24.1 Å². The van der Waals surface area contributed by atoms with Crippen molar-refractivity contribution in [3.8, 4) is 0 Å². The molecular formula is C12H24N2O. The van der Waals surface area contributed by atoms with E-state index in [1.54, 1.807) is 0 Å². The van der Waals surface area contributed by atoms with Crippen LogP contribution < -0.4 is 5.32 Å². The minimum absolute atomic E-state index is 0.167. The minimum atomic E-state index is 0.167. The van der Waals surface area contributed by atoms with Gasteiger partial charge in [0.05, 0.1) is 0 Å². The molecule has 1 aliphatic heterocycles. The molecule has 88 valence electrons. The van der Waals surface area contributed by atoms with Gasteiger partial charge in [-0.15, -0.1) is 0 Å². The van der Waals surface area contributed by atoms with E-state index < -0.39 is 0 Å². The first-order valence-electron chi connectivity index (χ1n) is 6.16. The Labute approximate surface area is 93.2 Å². The molecule has 1 heterocycles. The summed E-state index contributed by atoms with van der Waals surface area (Å²) >= 11 is 0. The first-order chi connectivity index (χ1) is 7.15. The Morgan fingerprint density at radius 3 is 2.40 bits per heavy atom. The highest BCUT2D eigenvalue weighted by Gasteiger charge is 2.24. The highest BCUT2D eigenvalue weighted by atomic mass is 16.1. The van der Waals surface area contributed by atoms with E-state index in [1.165, 1.54) is 25.9 Å². The molecule has 1 aliphatic rings. The van der Waals surface area contributed by atoms with Crippen molar-refractivity contribution >= 4 is 5.91 Å². The fraction of sp³-hybridized carbons (Fsp3) is 0.917. The lowest BCUT2D eigenvalue weighted by molar-refractivity contribution is -0.121. The zero-order valence-corrected chi connectivity index (χ0v) is 10.3.